The van der Waals surface area contributed by atoms with E-state index in [0.717, 1.165) is 146 Å². The maximum absolute atomic E-state index is 12.0. The van der Waals surface area contributed by atoms with Gasteiger partial charge in [-0.3, -0.25) is 4.79 Å². The largest absolute Gasteiger partial charge is 0.508 e. The summed E-state index contributed by atoms with van der Waals surface area (Å²) in [4.78, 5) is 12.0. The van der Waals surface area contributed by atoms with Crippen LogP contribution in [-0.2, 0) is 0 Å². The molecule has 0 aliphatic heterocycles. The average Bonchev–Trinajstić information content (AvgIpc) is 0.873. The molecule has 0 heterocycles. The van der Waals surface area contributed by atoms with Crippen LogP contribution in [0.1, 0.15) is 361 Å². The third-order valence-corrected chi connectivity index (χ3v) is 24.9. The summed E-state index contributed by atoms with van der Waals surface area (Å²) in [6.07, 6.45) is 38.4. The normalized spacial score (nSPS) is 19.5. The second kappa shape index (κ2) is 58.4. The Balaban J connectivity index is 0.000000198. The lowest BCUT2D eigenvalue weighted by molar-refractivity contribution is 0.0163. The molecule has 8 atom stereocenters. The van der Waals surface area contributed by atoms with Crippen LogP contribution in [0.4, 0.5) is 0 Å². The topological polar surface area (TPSA) is 275 Å². The number of hydrogen-bond donors (Lipinski definition) is 10. The number of carbonyl (C=O) groups excluding carboxylic acids is 1. The molecule has 6 aliphatic carbocycles. The number of phenols is 1. The Morgan fingerprint density at radius 3 is 0.925 bits per heavy atom. The molecule has 0 spiro atoms. The van der Waals surface area contributed by atoms with Crippen molar-refractivity contribution in [2.75, 3.05) is 39.6 Å². The zero-order valence-electron chi connectivity index (χ0n) is 74.1. The summed E-state index contributed by atoms with van der Waals surface area (Å²) in [5, 5.41) is 98.5. The molecular weight excluding hydrogens is 1510 g/mol. The smallest absolute Gasteiger partial charge is 0.163 e. The van der Waals surface area contributed by atoms with Crippen LogP contribution in [0.3, 0.4) is 0 Å². The van der Waals surface area contributed by atoms with Crippen LogP contribution in [-0.4, -0.2) is 121 Å². The van der Waals surface area contributed by atoms with E-state index in [4.69, 9.17) is 28.4 Å². The van der Waals surface area contributed by atoms with Crippen molar-refractivity contribution in [1.82, 2.24) is 0 Å². The minimum absolute atomic E-state index is 0.112. The highest BCUT2D eigenvalue weighted by Crippen LogP contribution is 2.36. The number of rotatable bonds is 37. The van der Waals surface area contributed by atoms with E-state index in [1.807, 2.05) is 155 Å². The number of aliphatic hydroxyl groups excluding tert-OH is 9. The molecule has 6 aliphatic rings. The van der Waals surface area contributed by atoms with E-state index < -0.39 is 48.8 Å². The number of benzene rings is 6. The number of ketones is 1. The Kier molecular flexibility index (Phi) is 48.8. The molecule has 670 valence electrons. The van der Waals surface area contributed by atoms with Gasteiger partial charge in [0.25, 0.3) is 0 Å². The molecule has 0 radical (unpaired) electrons. The first kappa shape index (κ1) is 100. The predicted octanol–water partition coefficient (Wildman–Crippen LogP) is 23.0. The molecular formula is C103H156O17. The highest BCUT2D eigenvalue weighted by molar-refractivity contribution is 5.96. The van der Waals surface area contributed by atoms with Gasteiger partial charge < -0.3 is 79.5 Å². The van der Waals surface area contributed by atoms with Crippen LogP contribution in [0.5, 0.6) is 40.2 Å². The molecule has 12 rings (SSSR count). The number of ether oxygens (including phenoxy) is 6. The predicted molar refractivity (Wildman–Crippen MR) is 481 cm³/mol. The summed E-state index contributed by atoms with van der Waals surface area (Å²) in [6, 6.07) is 42.9. The van der Waals surface area contributed by atoms with Crippen molar-refractivity contribution in [2.45, 2.75) is 347 Å². The molecule has 120 heavy (non-hydrogen) atoms. The first-order valence-corrected chi connectivity index (χ1v) is 47.0. The van der Waals surface area contributed by atoms with Crippen molar-refractivity contribution in [3.05, 3.63) is 173 Å². The number of Topliss-reactive ketones (excluding diaryl/α,β-unsaturated/α-hetero) is 1. The quantitative estimate of drug-likeness (QED) is 0.0162. The third-order valence-electron chi connectivity index (χ3n) is 24.9. The van der Waals surface area contributed by atoms with Gasteiger partial charge in [0.05, 0.1) is 76.3 Å². The van der Waals surface area contributed by atoms with E-state index in [0.29, 0.717) is 86.6 Å². The molecule has 6 aromatic carbocycles. The fourth-order valence-electron chi connectivity index (χ4n) is 16.9. The lowest BCUT2D eigenvalue weighted by Crippen LogP contribution is -2.22. The SMILES string of the molecule is CCCCC(=O)c1cccc(OCC2CCCCC2)c1.CCC[C@@H](O)c1cc(O)cc(OCC2CCCCC2)c1.CCC[C@@H](O)c1cccc(OCC2CCC(O)CC2)c1.CC[C@@H](O)[C@@H](O)c1cccc(OCC2CCCCC2)c1.CC[C@@H](O)[C@H](O)c1cccc(OCC2CCCCC2)c1.CC[C@H](O)[C@@H](O)c1cccc(OCC2CCCCC2)c1. The van der Waals surface area contributed by atoms with Crippen LogP contribution in [0.15, 0.2) is 140 Å². The van der Waals surface area contributed by atoms with Gasteiger partial charge in [-0.1, -0.05) is 218 Å². The van der Waals surface area contributed by atoms with Gasteiger partial charge in [0.2, 0.25) is 0 Å². The standard InChI is InChI=1S/C18H26O2.5C17H26O3/c1-2-3-12-18(19)16-10-7-11-17(13-16)20-14-15-8-5-4-6-9-15;3*1-2-16(18)17(19)14-9-6-10-15(11-14)20-12-13-7-4-3-5-8-13;1-2-6-17(19)14-9-15(18)11-16(10-14)20-12-13-7-4-3-5-8-13;1-2-4-17(19)14-5-3-6-16(11-14)20-12-13-7-9-15(18)10-8-13/h7,10-11,13,15H,2-6,8-9,12,14H2,1H3;3*6,9-11,13,16-19H,2-5,7-8,12H2,1H3;9-11,13,17-19H,2-8,12H2,1H3;3,5-6,11,13,15,17-19H,2,4,7-10,12H2,1H3/t;16-,17+;2*16-,17-;17-;13?,15?,17-/m.11011/s1. The minimum Gasteiger partial charge on any atom is -0.508 e. The fraction of sp³-hybridized carbons (Fsp3) is 0.641. The van der Waals surface area contributed by atoms with Crippen molar-refractivity contribution in [1.29, 1.82) is 0 Å². The second-order valence-electron chi connectivity index (χ2n) is 35.0. The minimum atomic E-state index is -0.835. The van der Waals surface area contributed by atoms with Gasteiger partial charge >= 0.3 is 0 Å². The van der Waals surface area contributed by atoms with Gasteiger partial charge in [-0.15, -0.1) is 0 Å². The van der Waals surface area contributed by atoms with E-state index in [1.165, 1.54) is 161 Å². The molecule has 0 saturated heterocycles. The molecule has 17 heteroatoms. The molecule has 6 fully saturated rings. The van der Waals surface area contributed by atoms with Crippen LogP contribution < -0.4 is 28.4 Å². The van der Waals surface area contributed by atoms with E-state index >= 15 is 0 Å². The number of carbonyl (C=O) groups is 1. The molecule has 0 amide bonds. The molecule has 17 nitrogen and oxygen atoms in total. The zero-order valence-corrected chi connectivity index (χ0v) is 74.1. The fourth-order valence-corrected chi connectivity index (χ4v) is 16.9. The average molecular weight is 1670 g/mol. The summed E-state index contributed by atoms with van der Waals surface area (Å²) in [7, 11) is 0. The summed E-state index contributed by atoms with van der Waals surface area (Å²) >= 11 is 0. The lowest BCUT2D eigenvalue weighted by Gasteiger charge is -2.25. The highest BCUT2D eigenvalue weighted by atomic mass is 16.5. The third kappa shape index (κ3) is 38.6. The number of unbranched alkanes of at least 4 members (excludes halogenated alkanes) is 1. The maximum atomic E-state index is 12.0. The summed E-state index contributed by atoms with van der Waals surface area (Å²) in [5.41, 5.74) is 4.63. The van der Waals surface area contributed by atoms with Gasteiger partial charge in [-0.25, -0.2) is 0 Å². The lowest BCUT2D eigenvalue weighted by atomic mass is 9.88. The monoisotopic (exact) mass is 1670 g/mol. The second-order valence-corrected chi connectivity index (χ2v) is 35.0. The summed E-state index contributed by atoms with van der Waals surface area (Å²) < 4.78 is 35.1. The van der Waals surface area contributed by atoms with Crippen molar-refractivity contribution < 1.29 is 84.3 Å². The number of hydrogen-bond acceptors (Lipinski definition) is 17. The van der Waals surface area contributed by atoms with E-state index in [2.05, 4.69) is 13.8 Å². The van der Waals surface area contributed by atoms with Crippen LogP contribution >= 0.6 is 0 Å². The number of aliphatic hydroxyl groups is 9. The van der Waals surface area contributed by atoms with Crippen molar-refractivity contribution in [3.63, 3.8) is 0 Å². The first-order chi connectivity index (χ1) is 58.3. The van der Waals surface area contributed by atoms with Gasteiger partial charge in [0.1, 0.15) is 58.6 Å². The van der Waals surface area contributed by atoms with Gasteiger partial charge in [0, 0.05) is 18.1 Å². The van der Waals surface area contributed by atoms with Crippen LogP contribution in [0.2, 0.25) is 0 Å². The Labute approximate surface area is 721 Å². The van der Waals surface area contributed by atoms with Crippen LogP contribution in [0, 0.1) is 35.5 Å². The van der Waals surface area contributed by atoms with E-state index in [-0.39, 0.29) is 17.6 Å². The molecule has 6 saturated carbocycles. The van der Waals surface area contributed by atoms with Gasteiger partial charge in [-0.05, 0) is 265 Å². The summed E-state index contributed by atoms with van der Waals surface area (Å²) in [6.45, 7) is 16.3. The number of aromatic hydroxyl groups is 1. The van der Waals surface area contributed by atoms with Crippen LogP contribution in [0.25, 0.3) is 0 Å². The van der Waals surface area contributed by atoms with Gasteiger partial charge in [0.15, 0.2) is 5.78 Å². The molecule has 6 aromatic rings. The Morgan fingerprint density at radius 1 is 0.317 bits per heavy atom. The zero-order chi connectivity index (χ0) is 86.1. The highest BCUT2D eigenvalue weighted by Gasteiger charge is 2.25. The molecule has 0 aromatic heterocycles. The summed E-state index contributed by atoms with van der Waals surface area (Å²) in [5.74, 6) is 8.98. The number of phenolic OH excluding ortho intramolecular Hbond substituents is 1. The van der Waals surface area contributed by atoms with Crippen molar-refractivity contribution in [3.8, 4) is 40.2 Å². The Morgan fingerprint density at radius 2 is 0.600 bits per heavy atom. The molecule has 10 N–H and O–H groups in total. The molecule has 0 unspecified atom stereocenters. The Bertz CT molecular complexity index is 3460. The van der Waals surface area contributed by atoms with Gasteiger partial charge in [-0.2, -0.15) is 0 Å². The van der Waals surface area contributed by atoms with Crippen molar-refractivity contribution >= 4 is 5.78 Å². The van der Waals surface area contributed by atoms with Crippen molar-refractivity contribution in [2.24, 2.45) is 35.5 Å². The maximum Gasteiger partial charge on any atom is 0.163 e. The Hall–Kier alpha value is -6.77. The molecule has 0 bridgehead atoms. The van der Waals surface area contributed by atoms with E-state index in [9.17, 15) is 55.9 Å². The van der Waals surface area contributed by atoms with E-state index in [1.54, 1.807) is 12.1 Å². The first-order valence-electron chi connectivity index (χ1n) is 47.0.